The number of carbonyl (C=O) groups is 1. The number of sulfone groups is 1. The van der Waals surface area contributed by atoms with Crippen molar-refractivity contribution in [3.05, 3.63) is 41.2 Å². The van der Waals surface area contributed by atoms with Crippen molar-refractivity contribution in [1.82, 2.24) is 0 Å². The first-order valence-corrected chi connectivity index (χ1v) is 6.78. The van der Waals surface area contributed by atoms with E-state index in [0.717, 1.165) is 17.7 Å². The lowest BCUT2D eigenvalue weighted by molar-refractivity contribution is 0.0696. The van der Waals surface area contributed by atoms with E-state index in [4.69, 9.17) is 5.11 Å². The Kier molecular flexibility index (Phi) is 4.24. The van der Waals surface area contributed by atoms with Gasteiger partial charge in [-0.1, -0.05) is 11.6 Å². The first-order valence-electron chi connectivity index (χ1n) is 5.13. The molecule has 0 radical (unpaired) electrons. The van der Waals surface area contributed by atoms with E-state index >= 15 is 0 Å². The monoisotopic (exact) mass is 272 g/mol. The van der Waals surface area contributed by atoms with Gasteiger partial charge in [0.25, 0.3) is 0 Å². The van der Waals surface area contributed by atoms with Gasteiger partial charge in [-0.2, -0.15) is 0 Å². The van der Waals surface area contributed by atoms with Crippen LogP contribution in [0, 0.1) is 5.82 Å². The predicted molar refractivity (Wildman–Crippen MR) is 64.8 cm³/mol. The molecule has 1 N–H and O–H groups in total. The average Bonchev–Trinajstić information content (AvgIpc) is 2.26. The Morgan fingerprint density at radius 2 is 2.00 bits per heavy atom. The fourth-order valence-electron chi connectivity index (χ4n) is 1.25. The van der Waals surface area contributed by atoms with Crippen molar-refractivity contribution >= 4 is 15.8 Å². The summed E-state index contributed by atoms with van der Waals surface area (Å²) in [6.45, 7) is 3.47. The van der Waals surface area contributed by atoms with Gasteiger partial charge in [0.2, 0.25) is 0 Å². The van der Waals surface area contributed by atoms with Crippen LogP contribution in [0.25, 0.3) is 0 Å². The summed E-state index contributed by atoms with van der Waals surface area (Å²) in [6.07, 6.45) is 1.47. The van der Waals surface area contributed by atoms with Gasteiger partial charge in [0.05, 0.1) is 11.3 Å². The third-order valence-electron chi connectivity index (χ3n) is 2.22. The van der Waals surface area contributed by atoms with Crippen LogP contribution in [-0.4, -0.2) is 25.2 Å². The summed E-state index contributed by atoms with van der Waals surface area (Å²) in [6, 6.07) is 2.76. The number of hydrogen-bond donors (Lipinski definition) is 1. The van der Waals surface area contributed by atoms with Crippen molar-refractivity contribution < 1.29 is 22.7 Å². The Morgan fingerprint density at radius 1 is 1.39 bits per heavy atom. The van der Waals surface area contributed by atoms with E-state index in [2.05, 4.69) is 0 Å². The third-order valence-corrected chi connectivity index (χ3v) is 3.83. The molecule has 0 aliphatic carbocycles. The molecule has 0 spiro atoms. The van der Waals surface area contributed by atoms with Gasteiger partial charge < -0.3 is 5.11 Å². The summed E-state index contributed by atoms with van der Waals surface area (Å²) >= 11 is 0. The van der Waals surface area contributed by atoms with Crippen LogP contribution in [0.4, 0.5) is 4.39 Å². The highest BCUT2D eigenvalue weighted by Gasteiger charge is 2.19. The summed E-state index contributed by atoms with van der Waals surface area (Å²) in [5, 5.41) is 8.65. The fourth-order valence-corrected chi connectivity index (χ4v) is 2.62. The molecule has 0 aliphatic rings. The lowest BCUT2D eigenvalue weighted by Gasteiger charge is -2.04. The first kappa shape index (κ1) is 14.4. The average molecular weight is 272 g/mol. The molecule has 0 fully saturated rings. The molecule has 0 saturated heterocycles. The molecule has 1 rings (SSSR count). The van der Waals surface area contributed by atoms with Crippen LogP contribution in [0.1, 0.15) is 24.2 Å². The van der Waals surface area contributed by atoms with Gasteiger partial charge in [0.1, 0.15) is 10.7 Å². The van der Waals surface area contributed by atoms with Crippen LogP contribution < -0.4 is 0 Å². The zero-order valence-corrected chi connectivity index (χ0v) is 10.8. The number of carboxylic acids is 1. The second-order valence-corrected chi connectivity index (χ2v) is 6.02. The van der Waals surface area contributed by atoms with Crippen molar-refractivity contribution in [2.75, 3.05) is 5.75 Å². The van der Waals surface area contributed by atoms with Gasteiger partial charge in [-0.3, -0.25) is 0 Å². The van der Waals surface area contributed by atoms with Gasteiger partial charge in [-0.15, -0.1) is 0 Å². The number of carboxylic acid groups (broad SMARTS) is 1. The molecule has 0 unspecified atom stereocenters. The molecule has 0 saturated carbocycles. The molecule has 1 aromatic carbocycles. The number of benzene rings is 1. The van der Waals surface area contributed by atoms with Gasteiger partial charge in [0.15, 0.2) is 9.84 Å². The SMILES string of the molecule is CC(C)=CCS(=O)(=O)c1ccc(C(=O)O)cc1F. The third kappa shape index (κ3) is 3.40. The Balaban J connectivity index is 3.18. The van der Waals surface area contributed by atoms with Crippen LogP contribution >= 0.6 is 0 Å². The van der Waals surface area contributed by atoms with Gasteiger partial charge in [-0.05, 0) is 32.0 Å². The summed E-state index contributed by atoms with van der Waals surface area (Å²) in [4.78, 5) is 10.1. The van der Waals surface area contributed by atoms with Crippen molar-refractivity contribution in [3.8, 4) is 0 Å². The Morgan fingerprint density at radius 3 is 2.44 bits per heavy atom. The first-order chi connectivity index (χ1) is 8.24. The molecule has 0 atom stereocenters. The van der Waals surface area contributed by atoms with Crippen molar-refractivity contribution in [1.29, 1.82) is 0 Å². The summed E-state index contributed by atoms with van der Waals surface area (Å²) in [5.74, 6) is -2.65. The predicted octanol–water partition coefficient (Wildman–Crippen LogP) is 2.26. The number of hydrogen-bond acceptors (Lipinski definition) is 3. The molecule has 4 nitrogen and oxygen atoms in total. The van der Waals surface area contributed by atoms with Gasteiger partial charge in [-0.25, -0.2) is 17.6 Å². The molecular weight excluding hydrogens is 259 g/mol. The minimum Gasteiger partial charge on any atom is -0.478 e. The smallest absolute Gasteiger partial charge is 0.335 e. The number of allylic oxidation sites excluding steroid dienone is 1. The maximum absolute atomic E-state index is 13.6. The van der Waals surface area contributed by atoms with Gasteiger partial charge in [0, 0.05) is 0 Å². The van der Waals surface area contributed by atoms with Crippen LogP contribution in [0.3, 0.4) is 0 Å². The Labute approximate surface area is 105 Å². The molecule has 18 heavy (non-hydrogen) atoms. The second-order valence-electron chi connectivity index (χ2n) is 4.01. The Hall–Kier alpha value is -1.69. The molecule has 0 amide bonds. The molecular formula is C12H13FO4S. The van der Waals surface area contributed by atoms with Crippen LogP contribution in [0.15, 0.2) is 34.7 Å². The molecule has 0 heterocycles. The number of halogens is 1. The largest absolute Gasteiger partial charge is 0.478 e. The fraction of sp³-hybridized carbons (Fsp3) is 0.250. The van der Waals surface area contributed by atoms with E-state index in [1.807, 2.05) is 0 Å². The lowest BCUT2D eigenvalue weighted by atomic mass is 10.2. The highest BCUT2D eigenvalue weighted by Crippen LogP contribution is 2.18. The minimum absolute atomic E-state index is 0.284. The van der Waals surface area contributed by atoms with E-state index in [1.165, 1.54) is 6.08 Å². The van der Waals surface area contributed by atoms with Crippen LogP contribution in [0.2, 0.25) is 0 Å². The molecule has 0 aromatic heterocycles. The topological polar surface area (TPSA) is 71.4 Å². The molecule has 98 valence electrons. The van der Waals surface area contributed by atoms with Crippen molar-refractivity contribution in [2.24, 2.45) is 0 Å². The minimum atomic E-state index is -3.77. The highest BCUT2D eigenvalue weighted by atomic mass is 32.2. The zero-order chi connectivity index (χ0) is 13.9. The summed E-state index contributed by atoms with van der Waals surface area (Å²) in [7, 11) is -3.77. The molecule has 0 bridgehead atoms. The number of rotatable bonds is 4. The van der Waals surface area contributed by atoms with E-state index < -0.39 is 26.5 Å². The van der Waals surface area contributed by atoms with E-state index in [9.17, 15) is 17.6 Å². The van der Waals surface area contributed by atoms with Crippen molar-refractivity contribution in [2.45, 2.75) is 18.7 Å². The quantitative estimate of drug-likeness (QED) is 0.853. The summed E-state index contributed by atoms with van der Waals surface area (Å²) in [5.41, 5.74) is 0.523. The van der Waals surface area contributed by atoms with E-state index in [-0.39, 0.29) is 11.3 Å². The summed E-state index contributed by atoms with van der Waals surface area (Å²) < 4.78 is 37.2. The van der Waals surface area contributed by atoms with Crippen LogP contribution in [-0.2, 0) is 9.84 Å². The van der Waals surface area contributed by atoms with Crippen molar-refractivity contribution in [3.63, 3.8) is 0 Å². The molecule has 0 aliphatic heterocycles. The highest BCUT2D eigenvalue weighted by molar-refractivity contribution is 7.91. The number of aromatic carboxylic acids is 1. The van der Waals surface area contributed by atoms with E-state index in [0.29, 0.717) is 6.07 Å². The molecule has 1 aromatic rings. The van der Waals surface area contributed by atoms with Crippen LogP contribution in [0.5, 0.6) is 0 Å². The standard InChI is InChI=1S/C12H13FO4S/c1-8(2)5-6-18(16,17)11-4-3-9(12(14)15)7-10(11)13/h3-5,7H,6H2,1-2H3,(H,14,15). The van der Waals surface area contributed by atoms with Gasteiger partial charge >= 0.3 is 5.97 Å². The normalized spacial score (nSPS) is 11.1. The maximum Gasteiger partial charge on any atom is 0.335 e. The van der Waals surface area contributed by atoms with E-state index in [1.54, 1.807) is 13.8 Å². The maximum atomic E-state index is 13.6. The Bertz CT molecular complexity index is 599. The molecule has 6 heteroatoms. The zero-order valence-electron chi connectivity index (χ0n) is 9.97. The second kappa shape index (κ2) is 5.30. The lowest BCUT2D eigenvalue weighted by Crippen LogP contribution is -2.09.